The van der Waals surface area contributed by atoms with E-state index in [0.717, 1.165) is 25.3 Å². The van der Waals surface area contributed by atoms with Gasteiger partial charge < -0.3 is 29.5 Å². The van der Waals surface area contributed by atoms with E-state index in [2.05, 4.69) is 59.9 Å². The number of fused-ring (bicyclic) bond motifs is 1. The molecule has 3 atom stereocenters. The minimum Gasteiger partial charge on any atom is -0.494 e. The van der Waals surface area contributed by atoms with E-state index >= 15 is 0 Å². The van der Waals surface area contributed by atoms with Gasteiger partial charge in [-0.25, -0.2) is 4.79 Å². The zero-order valence-corrected chi connectivity index (χ0v) is 20.5. The monoisotopic (exact) mass is 490 g/mol. The maximum absolute atomic E-state index is 11.4. The fourth-order valence-electron chi connectivity index (χ4n) is 5.19. The van der Waals surface area contributed by atoms with Crippen LogP contribution in [0.5, 0.6) is 5.75 Å². The van der Waals surface area contributed by atoms with Crippen LogP contribution in [0.1, 0.15) is 29.9 Å². The molecule has 2 saturated heterocycles. The average molecular weight is 491 g/mol. The van der Waals surface area contributed by atoms with Crippen molar-refractivity contribution in [2.24, 2.45) is 0 Å². The van der Waals surface area contributed by atoms with Crippen molar-refractivity contribution in [3.05, 3.63) is 77.9 Å². The lowest BCUT2D eigenvalue weighted by Gasteiger charge is -2.33. The van der Waals surface area contributed by atoms with Crippen LogP contribution in [0.15, 0.2) is 66.7 Å². The highest BCUT2D eigenvalue weighted by Gasteiger charge is 2.28. The van der Waals surface area contributed by atoms with Crippen molar-refractivity contribution in [2.45, 2.75) is 37.5 Å². The molecule has 2 fully saturated rings. The number of carbonyl (C=O) groups is 1. The third kappa shape index (κ3) is 5.98. The summed E-state index contributed by atoms with van der Waals surface area (Å²) in [4.78, 5) is 12.9. The molecule has 7 heteroatoms. The highest BCUT2D eigenvalue weighted by Crippen LogP contribution is 2.30. The number of benzene rings is 3. The van der Waals surface area contributed by atoms with Gasteiger partial charge in [-0.15, -0.1) is 0 Å². The fraction of sp³-hybridized carbons (Fsp3) is 0.414. The largest absolute Gasteiger partial charge is 0.494 e. The molecule has 36 heavy (non-hydrogen) atoms. The van der Waals surface area contributed by atoms with Crippen molar-refractivity contribution in [1.82, 2.24) is 10.2 Å². The first-order chi connectivity index (χ1) is 17.7. The Kier molecular flexibility index (Phi) is 8.01. The average Bonchev–Trinajstić information content (AvgIpc) is 2.92. The van der Waals surface area contributed by atoms with Crippen molar-refractivity contribution in [3.8, 4) is 5.75 Å². The molecule has 2 aliphatic rings. The van der Waals surface area contributed by atoms with Crippen molar-refractivity contribution < 1.29 is 24.1 Å². The Morgan fingerprint density at radius 3 is 2.75 bits per heavy atom. The van der Waals surface area contributed by atoms with E-state index in [0.29, 0.717) is 45.3 Å². The molecule has 3 unspecified atom stereocenters. The van der Waals surface area contributed by atoms with Crippen LogP contribution in [0.3, 0.4) is 0 Å². The summed E-state index contributed by atoms with van der Waals surface area (Å²) in [5.74, 6) is 1.11. The minimum atomic E-state index is -0.896. The summed E-state index contributed by atoms with van der Waals surface area (Å²) >= 11 is 0. The lowest BCUT2D eigenvalue weighted by Crippen LogP contribution is -2.48. The van der Waals surface area contributed by atoms with Crippen LogP contribution >= 0.6 is 0 Å². The smallest absolute Gasteiger partial charge is 0.407 e. The van der Waals surface area contributed by atoms with E-state index in [1.807, 2.05) is 12.1 Å². The van der Waals surface area contributed by atoms with E-state index in [4.69, 9.17) is 14.2 Å². The third-order valence-corrected chi connectivity index (χ3v) is 7.21. The quantitative estimate of drug-likeness (QED) is 0.479. The normalized spacial score (nSPS) is 22.4. The zero-order valence-electron chi connectivity index (χ0n) is 20.5. The SMILES string of the molecule is O=C(O)N1CCOCC1CCOc1ccc(C2CCNCC2OCc2ccc3ccccc3c2)cc1. The van der Waals surface area contributed by atoms with Crippen LogP contribution in [0, 0.1) is 0 Å². The number of rotatable bonds is 8. The maximum atomic E-state index is 11.4. The molecule has 2 aliphatic heterocycles. The van der Waals surface area contributed by atoms with Crippen molar-refractivity contribution in [2.75, 3.05) is 39.5 Å². The molecule has 0 saturated carbocycles. The van der Waals surface area contributed by atoms with Crippen LogP contribution in [0.25, 0.3) is 10.8 Å². The highest BCUT2D eigenvalue weighted by atomic mass is 16.5. The molecule has 3 aromatic rings. The first kappa shape index (κ1) is 24.6. The molecule has 0 spiro atoms. The second-order valence-corrected chi connectivity index (χ2v) is 9.54. The first-order valence-corrected chi connectivity index (χ1v) is 12.8. The standard InChI is InChI=1S/C29H34N2O5/c32-29(33)31-14-16-34-20-25(31)12-15-35-26-9-7-23(8-10-26)27-11-13-30-18-28(27)36-19-21-5-6-22-3-1-2-4-24(22)17-21/h1-10,17,25,27-28,30H,11-16,18-20H2,(H,32,33). The molecule has 1 amide bonds. The van der Waals surface area contributed by atoms with Gasteiger partial charge in [0, 0.05) is 25.4 Å². The summed E-state index contributed by atoms with van der Waals surface area (Å²) in [6.07, 6.45) is 0.833. The number of piperidine rings is 1. The second kappa shape index (κ2) is 11.7. The maximum Gasteiger partial charge on any atom is 0.407 e. The Morgan fingerprint density at radius 1 is 1.08 bits per heavy atom. The molecule has 0 aliphatic carbocycles. The number of amides is 1. The van der Waals surface area contributed by atoms with Crippen LogP contribution < -0.4 is 10.1 Å². The van der Waals surface area contributed by atoms with Gasteiger partial charge in [-0.05, 0) is 53.1 Å². The molecule has 0 aromatic heterocycles. The van der Waals surface area contributed by atoms with Gasteiger partial charge in [-0.2, -0.15) is 0 Å². The van der Waals surface area contributed by atoms with E-state index in [-0.39, 0.29) is 12.1 Å². The molecule has 7 nitrogen and oxygen atoms in total. The molecule has 190 valence electrons. The Labute approximate surface area is 212 Å². The predicted octanol–water partition coefficient (Wildman–Crippen LogP) is 4.65. The molecular formula is C29H34N2O5. The van der Waals surface area contributed by atoms with Crippen LogP contribution in [-0.4, -0.2) is 67.7 Å². The molecule has 2 N–H and O–H groups in total. The summed E-state index contributed by atoms with van der Waals surface area (Å²) in [5, 5.41) is 15.3. The minimum absolute atomic E-state index is 0.102. The van der Waals surface area contributed by atoms with Gasteiger partial charge in [0.05, 0.1) is 38.6 Å². The van der Waals surface area contributed by atoms with Gasteiger partial charge in [-0.3, -0.25) is 0 Å². The topological polar surface area (TPSA) is 80.3 Å². The van der Waals surface area contributed by atoms with Gasteiger partial charge in [0.1, 0.15) is 5.75 Å². The highest BCUT2D eigenvalue weighted by molar-refractivity contribution is 5.82. The lowest BCUT2D eigenvalue weighted by molar-refractivity contribution is -0.00633. The number of ether oxygens (including phenoxy) is 3. The van der Waals surface area contributed by atoms with E-state index in [1.54, 1.807) is 0 Å². The number of hydrogen-bond acceptors (Lipinski definition) is 5. The van der Waals surface area contributed by atoms with Crippen molar-refractivity contribution in [1.29, 1.82) is 0 Å². The number of morpholine rings is 1. The van der Waals surface area contributed by atoms with Gasteiger partial charge in [-0.1, -0.05) is 48.5 Å². The van der Waals surface area contributed by atoms with E-state index in [9.17, 15) is 9.90 Å². The summed E-state index contributed by atoms with van der Waals surface area (Å²) in [7, 11) is 0. The van der Waals surface area contributed by atoms with Crippen LogP contribution in [-0.2, 0) is 16.1 Å². The van der Waals surface area contributed by atoms with E-state index < -0.39 is 6.09 Å². The molecule has 0 radical (unpaired) electrons. The molecule has 2 heterocycles. The molecule has 0 bridgehead atoms. The fourth-order valence-corrected chi connectivity index (χ4v) is 5.19. The molecule has 3 aromatic carbocycles. The summed E-state index contributed by atoms with van der Waals surface area (Å²) in [6.45, 7) is 4.13. The zero-order chi connectivity index (χ0) is 24.7. The Hall–Kier alpha value is -3.13. The number of nitrogens with zero attached hydrogens (tertiary/aromatic N) is 1. The third-order valence-electron chi connectivity index (χ3n) is 7.21. The summed E-state index contributed by atoms with van der Waals surface area (Å²) in [5.41, 5.74) is 2.44. The first-order valence-electron chi connectivity index (χ1n) is 12.8. The van der Waals surface area contributed by atoms with Crippen molar-refractivity contribution in [3.63, 3.8) is 0 Å². The van der Waals surface area contributed by atoms with Gasteiger partial charge in [0.15, 0.2) is 0 Å². The Balaban J connectivity index is 1.15. The van der Waals surface area contributed by atoms with Crippen LogP contribution in [0.4, 0.5) is 4.79 Å². The molecular weight excluding hydrogens is 456 g/mol. The number of carboxylic acid groups (broad SMARTS) is 1. The summed E-state index contributed by atoms with van der Waals surface area (Å²) in [6, 6.07) is 23.0. The van der Waals surface area contributed by atoms with Gasteiger partial charge >= 0.3 is 6.09 Å². The second-order valence-electron chi connectivity index (χ2n) is 9.54. The van der Waals surface area contributed by atoms with Crippen molar-refractivity contribution >= 4 is 16.9 Å². The number of nitrogens with one attached hydrogen (secondary N) is 1. The Morgan fingerprint density at radius 2 is 1.92 bits per heavy atom. The summed E-state index contributed by atoms with van der Waals surface area (Å²) < 4.78 is 17.8. The van der Waals surface area contributed by atoms with E-state index in [1.165, 1.54) is 26.8 Å². The van der Waals surface area contributed by atoms with Crippen LogP contribution in [0.2, 0.25) is 0 Å². The predicted molar refractivity (Wildman–Crippen MR) is 139 cm³/mol. The van der Waals surface area contributed by atoms with Gasteiger partial charge in [0.2, 0.25) is 0 Å². The number of hydrogen-bond donors (Lipinski definition) is 2. The van der Waals surface area contributed by atoms with Gasteiger partial charge in [0.25, 0.3) is 0 Å². The Bertz CT molecular complexity index is 1150. The molecule has 5 rings (SSSR count). The lowest BCUT2D eigenvalue weighted by atomic mass is 9.87.